The number of rotatable bonds is 3. The Morgan fingerprint density at radius 2 is 1.92 bits per heavy atom. The van der Waals surface area contributed by atoms with E-state index >= 15 is 0 Å². The van der Waals surface area contributed by atoms with Crippen LogP contribution in [0.2, 0.25) is 0 Å². The summed E-state index contributed by atoms with van der Waals surface area (Å²) in [5, 5.41) is 8.01. The number of nitrogens with one attached hydrogen (secondary N) is 4. The van der Waals surface area contributed by atoms with Gasteiger partial charge in [-0.15, -0.1) is 0 Å². The summed E-state index contributed by atoms with van der Waals surface area (Å²) in [6, 6.07) is 1.06. The van der Waals surface area contributed by atoms with Crippen molar-refractivity contribution in [2.75, 3.05) is 11.9 Å². The van der Waals surface area contributed by atoms with Gasteiger partial charge < -0.3 is 22.4 Å². The van der Waals surface area contributed by atoms with Crippen LogP contribution in [0.5, 0.6) is 0 Å². The molecule has 0 unspecified atom stereocenters. The van der Waals surface area contributed by atoms with Crippen molar-refractivity contribution in [3.8, 4) is 0 Å². The number of carbonyl (C=O) groups is 2. The zero-order valence-corrected chi connectivity index (χ0v) is 18.5. The van der Waals surface area contributed by atoms with Crippen LogP contribution in [0.4, 0.5) is 10.7 Å². The summed E-state index contributed by atoms with van der Waals surface area (Å²) in [6.07, 6.45) is 5.47. The van der Waals surface area contributed by atoms with Crippen molar-refractivity contribution in [2.24, 2.45) is 0 Å². The molecule has 1 fully saturated rings. The van der Waals surface area contributed by atoms with E-state index in [0.717, 1.165) is 25.7 Å². The number of aromatic amines is 1. The fraction of sp³-hybridized carbons (Fsp3) is 0.588. The molecule has 1 aliphatic carbocycles. The molecule has 0 aromatic carbocycles. The molecule has 2 rings (SSSR count). The molecule has 0 saturated heterocycles. The molecule has 1 saturated carbocycles. The van der Waals surface area contributed by atoms with E-state index in [9.17, 15) is 14.4 Å². The molecule has 0 bridgehead atoms. The van der Waals surface area contributed by atoms with Gasteiger partial charge in [-0.1, -0.05) is 19.3 Å². The Hall–Kier alpha value is -1.82. The topological polar surface area (TPSA) is 116 Å². The third-order valence-corrected chi connectivity index (χ3v) is 3.85. The van der Waals surface area contributed by atoms with E-state index in [0.29, 0.717) is 12.2 Å². The van der Waals surface area contributed by atoms with E-state index in [4.69, 9.17) is 0 Å². The molecular weight excluding hydrogens is 506 g/mol. The molecule has 0 aliphatic heterocycles. The number of hydrogen-bond acceptors (Lipinski definition) is 4. The molecular formula is C17H28N5O3W-. The number of aromatic nitrogens is 2. The van der Waals surface area contributed by atoms with Crippen LogP contribution < -0.4 is 21.5 Å². The Bertz CT molecular complexity index is 642. The maximum Gasteiger partial charge on any atom is 0.321 e. The van der Waals surface area contributed by atoms with Gasteiger partial charge in [0.15, 0.2) is 0 Å². The van der Waals surface area contributed by atoms with Gasteiger partial charge in [0.25, 0.3) is 5.56 Å². The predicted octanol–water partition coefficient (Wildman–Crippen LogP) is 1.88. The zero-order chi connectivity index (χ0) is 18.9. The number of anilines is 1. The molecule has 26 heavy (non-hydrogen) atoms. The summed E-state index contributed by atoms with van der Waals surface area (Å²) >= 11 is 0. The van der Waals surface area contributed by atoms with Crippen molar-refractivity contribution >= 4 is 17.9 Å². The summed E-state index contributed by atoms with van der Waals surface area (Å²) in [6.45, 7) is 9.36. The molecule has 0 radical (unpaired) electrons. The van der Waals surface area contributed by atoms with Crippen molar-refractivity contribution in [1.82, 2.24) is 20.6 Å². The Balaban J connectivity index is 0.000000777. The van der Waals surface area contributed by atoms with Gasteiger partial charge in [-0.25, -0.2) is 9.78 Å². The van der Waals surface area contributed by atoms with Crippen LogP contribution in [0.1, 0.15) is 51.6 Å². The fourth-order valence-corrected chi connectivity index (χ4v) is 2.71. The first-order valence-corrected chi connectivity index (χ1v) is 8.51. The Morgan fingerprint density at radius 3 is 2.38 bits per heavy atom. The molecule has 1 aromatic rings. The molecule has 8 nitrogen and oxygen atoms in total. The summed E-state index contributed by atoms with van der Waals surface area (Å²) < 4.78 is 0. The van der Waals surface area contributed by atoms with Crippen LogP contribution in [-0.2, 0) is 25.9 Å². The van der Waals surface area contributed by atoms with E-state index in [1.807, 2.05) is 6.92 Å². The van der Waals surface area contributed by atoms with Gasteiger partial charge in [0.05, 0.1) is 5.91 Å². The zero-order valence-electron chi connectivity index (χ0n) is 15.6. The molecule has 3 amide bonds. The summed E-state index contributed by atoms with van der Waals surface area (Å²) in [7, 11) is 0. The van der Waals surface area contributed by atoms with Gasteiger partial charge in [0.1, 0.15) is 0 Å². The van der Waals surface area contributed by atoms with Gasteiger partial charge >= 0.3 is 6.03 Å². The number of urea groups is 1. The van der Waals surface area contributed by atoms with Gasteiger partial charge in [0.2, 0.25) is 5.95 Å². The quantitative estimate of drug-likeness (QED) is 0.444. The molecule has 9 heteroatoms. The average Bonchev–Trinajstić information content (AvgIpc) is 2.46. The Morgan fingerprint density at radius 1 is 1.31 bits per heavy atom. The fourth-order valence-electron chi connectivity index (χ4n) is 2.71. The monoisotopic (exact) mass is 534 g/mol. The van der Waals surface area contributed by atoms with Crippen LogP contribution in [0.25, 0.3) is 0 Å². The van der Waals surface area contributed by atoms with E-state index in [2.05, 4.69) is 39.8 Å². The van der Waals surface area contributed by atoms with Crippen molar-refractivity contribution in [2.45, 2.75) is 58.4 Å². The van der Waals surface area contributed by atoms with Crippen molar-refractivity contribution in [1.29, 1.82) is 0 Å². The van der Waals surface area contributed by atoms with E-state index in [1.54, 1.807) is 6.92 Å². The first-order chi connectivity index (χ1) is 11.7. The van der Waals surface area contributed by atoms with Crippen molar-refractivity contribution in [3.63, 3.8) is 0 Å². The van der Waals surface area contributed by atoms with Crippen LogP contribution in [0, 0.1) is 13.8 Å². The van der Waals surface area contributed by atoms with Crippen LogP contribution in [-0.4, -0.2) is 34.0 Å². The summed E-state index contributed by atoms with van der Waals surface area (Å²) in [4.78, 5) is 39.6. The van der Waals surface area contributed by atoms with E-state index in [1.165, 1.54) is 12.5 Å². The SMILES string of the molecule is Cc1cc(=O)[nH]c(NC(=O)NC2(C)CCCCC2)n1.[CH2-]C(=O)NCC.[W]. The third-order valence-electron chi connectivity index (χ3n) is 3.85. The van der Waals surface area contributed by atoms with Gasteiger partial charge in [-0.3, -0.25) is 15.1 Å². The maximum absolute atomic E-state index is 11.9. The second-order valence-electron chi connectivity index (χ2n) is 6.39. The minimum atomic E-state index is -0.321. The number of H-pyrrole nitrogens is 1. The maximum atomic E-state index is 11.9. The van der Waals surface area contributed by atoms with Crippen LogP contribution in [0.15, 0.2) is 10.9 Å². The van der Waals surface area contributed by atoms with Gasteiger partial charge in [0, 0.05) is 44.9 Å². The van der Waals surface area contributed by atoms with Crippen LogP contribution in [0.3, 0.4) is 0 Å². The standard InChI is InChI=1S/C13H20N4O2.C4H8NO.W/c1-9-8-10(18)15-11(14-9)16-12(19)17-13(2)6-4-3-5-7-13;1-3-5-4(2)6;/h8H,3-7H2,1-2H3,(H3,14,15,16,17,18,19);2-3H2,1H3,(H,5,6);/q;-1;. The predicted molar refractivity (Wildman–Crippen MR) is 97.3 cm³/mol. The smallest absolute Gasteiger partial charge is 0.321 e. The largest absolute Gasteiger partial charge is 0.381 e. The second-order valence-corrected chi connectivity index (χ2v) is 6.39. The minimum Gasteiger partial charge on any atom is -0.381 e. The van der Waals surface area contributed by atoms with E-state index < -0.39 is 0 Å². The molecule has 1 aromatic heterocycles. The third kappa shape index (κ3) is 9.61. The molecule has 0 spiro atoms. The molecule has 146 valence electrons. The summed E-state index contributed by atoms with van der Waals surface area (Å²) in [5.41, 5.74) is 0.140. The number of amides is 3. The number of nitrogens with zero attached hydrogens (tertiary/aromatic N) is 1. The summed E-state index contributed by atoms with van der Waals surface area (Å²) in [5.74, 6) is -0.0283. The normalized spacial score (nSPS) is 14.7. The average molecular weight is 534 g/mol. The first-order valence-electron chi connectivity index (χ1n) is 8.51. The molecule has 4 N–H and O–H groups in total. The molecule has 1 heterocycles. The van der Waals surface area contributed by atoms with Crippen molar-refractivity contribution in [3.05, 3.63) is 29.0 Å². The van der Waals surface area contributed by atoms with Crippen LogP contribution >= 0.6 is 0 Å². The Kier molecular flexibility index (Phi) is 10.9. The first kappa shape index (κ1) is 24.2. The molecule has 0 atom stereocenters. The number of hydrogen-bond donors (Lipinski definition) is 4. The second kappa shape index (κ2) is 11.7. The van der Waals surface area contributed by atoms with Gasteiger partial charge in [-0.05, 0) is 33.6 Å². The van der Waals surface area contributed by atoms with Crippen molar-refractivity contribution < 1.29 is 30.7 Å². The van der Waals surface area contributed by atoms with Gasteiger partial charge in [-0.2, -0.15) is 0 Å². The minimum absolute atomic E-state index is 0. The molecule has 1 aliphatic rings. The van der Waals surface area contributed by atoms with E-state index in [-0.39, 0.29) is 50.1 Å². The Labute approximate surface area is 168 Å². The number of aryl methyl sites for hydroxylation is 1. The number of carbonyl (C=O) groups excluding carboxylic acids is 2.